The second-order valence-corrected chi connectivity index (χ2v) is 8.10. The van der Waals surface area contributed by atoms with Crippen molar-refractivity contribution in [3.63, 3.8) is 0 Å². The highest BCUT2D eigenvalue weighted by atomic mass is 14.5. The monoisotopic (exact) mass is 278 g/mol. The highest BCUT2D eigenvalue weighted by Gasteiger charge is 2.47. The molecule has 1 aliphatic rings. The summed E-state index contributed by atoms with van der Waals surface area (Å²) < 4.78 is 0. The van der Waals surface area contributed by atoms with Gasteiger partial charge < -0.3 is 0 Å². The molecule has 20 heavy (non-hydrogen) atoms. The molecule has 0 aromatic carbocycles. The minimum absolute atomic E-state index is 0.450. The largest absolute Gasteiger partial charge is 0.0999 e. The van der Waals surface area contributed by atoms with Gasteiger partial charge in [-0.25, -0.2) is 0 Å². The molecule has 5 unspecified atom stereocenters. The molecule has 0 N–H and O–H groups in total. The molecule has 1 aliphatic carbocycles. The molecule has 118 valence electrons. The van der Waals surface area contributed by atoms with Gasteiger partial charge in [0.2, 0.25) is 0 Å². The van der Waals surface area contributed by atoms with Crippen molar-refractivity contribution >= 4 is 0 Å². The molecule has 0 amide bonds. The van der Waals surface area contributed by atoms with Gasteiger partial charge >= 0.3 is 0 Å². The van der Waals surface area contributed by atoms with Crippen LogP contribution in [0.15, 0.2) is 12.2 Å². The van der Waals surface area contributed by atoms with Crippen LogP contribution in [0.2, 0.25) is 0 Å². The molecular weight excluding hydrogens is 240 g/mol. The lowest BCUT2D eigenvalue weighted by Gasteiger charge is -2.53. The van der Waals surface area contributed by atoms with E-state index in [1.54, 1.807) is 0 Å². The molecule has 0 aliphatic heterocycles. The summed E-state index contributed by atoms with van der Waals surface area (Å²) in [6, 6.07) is 0. The van der Waals surface area contributed by atoms with Crippen molar-refractivity contribution in [2.24, 2.45) is 35.0 Å². The lowest BCUT2D eigenvalue weighted by molar-refractivity contribution is -0.0367. The van der Waals surface area contributed by atoms with Gasteiger partial charge in [-0.15, -0.1) is 0 Å². The Hall–Kier alpha value is -0.260. The third-order valence-electron chi connectivity index (χ3n) is 6.44. The molecule has 0 nitrogen and oxygen atoms in total. The Morgan fingerprint density at radius 2 is 1.85 bits per heavy atom. The van der Waals surface area contributed by atoms with Crippen LogP contribution in [0.4, 0.5) is 0 Å². The lowest BCUT2D eigenvalue weighted by Crippen LogP contribution is -2.46. The maximum Gasteiger partial charge on any atom is -0.0201 e. The van der Waals surface area contributed by atoms with Crippen LogP contribution < -0.4 is 0 Å². The SMILES string of the molecule is C=C(C)C(C)C(C(CC)CCC)C(C)(C)C1CCC1C. The van der Waals surface area contributed by atoms with Gasteiger partial charge in [0, 0.05) is 0 Å². The lowest BCUT2D eigenvalue weighted by atomic mass is 9.51. The highest BCUT2D eigenvalue weighted by Crippen LogP contribution is 2.55. The first kappa shape index (κ1) is 17.8. The van der Waals surface area contributed by atoms with Gasteiger partial charge in [-0.05, 0) is 48.3 Å². The molecule has 0 heteroatoms. The van der Waals surface area contributed by atoms with Crippen LogP contribution in [0.3, 0.4) is 0 Å². The zero-order chi connectivity index (χ0) is 15.5. The van der Waals surface area contributed by atoms with E-state index in [1.165, 1.54) is 37.7 Å². The topological polar surface area (TPSA) is 0 Å². The number of allylic oxidation sites excluding steroid dienone is 1. The Labute approximate surface area is 128 Å². The second kappa shape index (κ2) is 7.14. The Morgan fingerprint density at radius 1 is 1.25 bits per heavy atom. The van der Waals surface area contributed by atoms with Gasteiger partial charge in [-0.1, -0.05) is 79.4 Å². The van der Waals surface area contributed by atoms with Gasteiger partial charge in [0.15, 0.2) is 0 Å². The molecular formula is C20H38. The molecule has 0 aromatic heterocycles. The second-order valence-electron chi connectivity index (χ2n) is 8.10. The van der Waals surface area contributed by atoms with Gasteiger partial charge in [0.25, 0.3) is 0 Å². The third kappa shape index (κ3) is 3.49. The van der Waals surface area contributed by atoms with Crippen LogP contribution in [0, 0.1) is 35.0 Å². The van der Waals surface area contributed by atoms with Crippen molar-refractivity contribution in [2.45, 2.75) is 80.6 Å². The fraction of sp³-hybridized carbons (Fsp3) is 0.900. The molecule has 0 bridgehead atoms. The maximum absolute atomic E-state index is 4.29. The van der Waals surface area contributed by atoms with E-state index in [0.717, 1.165) is 23.7 Å². The summed E-state index contributed by atoms with van der Waals surface area (Å²) in [5, 5.41) is 0. The minimum Gasteiger partial charge on any atom is -0.0999 e. The van der Waals surface area contributed by atoms with E-state index in [0.29, 0.717) is 11.3 Å². The van der Waals surface area contributed by atoms with E-state index in [9.17, 15) is 0 Å². The van der Waals surface area contributed by atoms with E-state index < -0.39 is 0 Å². The predicted molar refractivity (Wildman–Crippen MR) is 91.8 cm³/mol. The van der Waals surface area contributed by atoms with Crippen molar-refractivity contribution in [3.8, 4) is 0 Å². The molecule has 0 aromatic rings. The number of rotatable bonds is 8. The first-order valence-corrected chi connectivity index (χ1v) is 8.92. The Balaban J connectivity index is 3.04. The van der Waals surface area contributed by atoms with Crippen LogP contribution in [-0.2, 0) is 0 Å². The standard InChI is InChI=1S/C20H38/c1-9-11-17(10-2)19(16(6)14(3)4)20(7,8)18-13-12-15(18)5/h15-19H,3,9-13H2,1-2,4-8H3. The van der Waals surface area contributed by atoms with Crippen molar-refractivity contribution in [1.29, 1.82) is 0 Å². The molecule has 0 heterocycles. The van der Waals surface area contributed by atoms with Crippen LogP contribution in [-0.4, -0.2) is 0 Å². The number of hydrogen-bond donors (Lipinski definition) is 0. The summed E-state index contributed by atoms with van der Waals surface area (Å²) in [7, 11) is 0. The molecule has 0 radical (unpaired) electrons. The van der Waals surface area contributed by atoms with Crippen molar-refractivity contribution in [3.05, 3.63) is 12.2 Å². The first-order valence-electron chi connectivity index (χ1n) is 8.92. The Kier molecular flexibility index (Phi) is 6.35. The van der Waals surface area contributed by atoms with Gasteiger partial charge in [0.1, 0.15) is 0 Å². The quantitative estimate of drug-likeness (QED) is 0.433. The van der Waals surface area contributed by atoms with Crippen LogP contribution in [0.5, 0.6) is 0 Å². The van der Waals surface area contributed by atoms with Crippen molar-refractivity contribution in [1.82, 2.24) is 0 Å². The van der Waals surface area contributed by atoms with E-state index in [2.05, 4.69) is 55.0 Å². The van der Waals surface area contributed by atoms with Crippen LogP contribution in [0.1, 0.15) is 80.6 Å². The third-order valence-corrected chi connectivity index (χ3v) is 6.44. The minimum atomic E-state index is 0.450. The zero-order valence-corrected chi connectivity index (χ0v) is 15.1. The molecule has 5 atom stereocenters. The fourth-order valence-electron chi connectivity index (χ4n) is 4.99. The molecule has 0 spiro atoms. The molecule has 0 saturated heterocycles. The van der Waals surface area contributed by atoms with Gasteiger partial charge in [0.05, 0.1) is 0 Å². The summed E-state index contributed by atoms with van der Waals surface area (Å²) in [4.78, 5) is 0. The van der Waals surface area contributed by atoms with Gasteiger partial charge in [-0.2, -0.15) is 0 Å². The predicted octanol–water partition coefficient (Wildman–Crippen LogP) is 6.71. The average Bonchev–Trinajstić information content (AvgIpc) is 2.34. The smallest absolute Gasteiger partial charge is 0.0201 e. The number of hydrogen-bond acceptors (Lipinski definition) is 0. The van der Waals surface area contributed by atoms with Crippen molar-refractivity contribution < 1.29 is 0 Å². The molecule has 1 rings (SSSR count). The van der Waals surface area contributed by atoms with E-state index >= 15 is 0 Å². The van der Waals surface area contributed by atoms with E-state index in [4.69, 9.17) is 0 Å². The summed E-state index contributed by atoms with van der Waals surface area (Å²) in [6.45, 7) is 21.2. The van der Waals surface area contributed by atoms with E-state index in [1.807, 2.05) is 0 Å². The summed E-state index contributed by atoms with van der Waals surface area (Å²) in [5.41, 5.74) is 1.83. The Bertz CT molecular complexity index is 312. The normalized spacial score (nSPS) is 27.6. The Morgan fingerprint density at radius 3 is 2.15 bits per heavy atom. The highest BCUT2D eigenvalue weighted by molar-refractivity contribution is 5.05. The molecule has 1 saturated carbocycles. The summed E-state index contributed by atoms with van der Waals surface area (Å²) in [5.74, 6) is 4.13. The fourth-order valence-corrected chi connectivity index (χ4v) is 4.99. The van der Waals surface area contributed by atoms with E-state index in [-0.39, 0.29) is 0 Å². The van der Waals surface area contributed by atoms with Gasteiger partial charge in [-0.3, -0.25) is 0 Å². The van der Waals surface area contributed by atoms with Crippen LogP contribution in [0.25, 0.3) is 0 Å². The zero-order valence-electron chi connectivity index (χ0n) is 15.1. The van der Waals surface area contributed by atoms with Crippen molar-refractivity contribution in [2.75, 3.05) is 0 Å². The summed E-state index contributed by atoms with van der Waals surface area (Å²) in [6.07, 6.45) is 6.89. The molecule has 1 fully saturated rings. The summed E-state index contributed by atoms with van der Waals surface area (Å²) >= 11 is 0. The van der Waals surface area contributed by atoms with Crippen LogP contribution >= 0.6 is 0 Å². The first-order chi connectivity index (χ1) is 9.27. The maximum atomic E-state index is 4.29. The average molecular weight is 279 g/mol.